The molecule has 0 aromatic heterocycles. The van der Waals surface area contributed by atoms with E-state index < -0.39 is 0 Å². The monoisotopic (exact) mass is 275 g/mol. The largest absolute Gasteiger partial charge is 0.352 e. The van der Waals surface area contributed by atoms with Crippen molar-refractivity contribution in [1.82, 2.24) is 5.32 Å². The second-order valence-corrected chi connectivity index (χ2v) is 6.88. The van der Waals surface area contributed by atoms with Crippen LogP contribution in [0.15, 0.2) is 18.2 Å². The van der Waals surface area contributed by atoms with Crippen LogP contribution < -0.4 is 16.6 Å². The highest BCUT2D eigenvalue weighted by atomic mass is 16.1. The molecule has 1 saturated carbocycles. The van der Waals surface area contributed by atoms with Crippen molar-refractivity contribution in [2.24, 2.45) is 22.6 Å². The molecular formula is C16H25N3O. The van der Waals surface area contributed by atoms with Gasteiger partial charge in [0.1, 0.15) is 0 Å². The molecule has 1 aromatic rings. The van der Waals surface area contributed by atoms with Crippen LogP contribution in [0.1, 0.15) is 43.6 Å². The zero-order valence-electron chi connectivity index (χ0n) is 13.0. The molecule has 0 unspecified atom stereocenters. The lowest BCUT2D eigenvalue weighted by atomic mass is 10.0. The molecule has 4 heteroatoms. The van der Waals surface area contributed by atoms with Crippen molar-refractivity contribution in [1.29, 1.82) is 0 Å². The molecule has 0 heterocycles. The molecule has 0 bridgehead atoms. The molecule has 20 heavy (non-hydrogen) atoms. The fourth-order valence-electron chi connectivity index (χ4n) is 3.11. The summed E-state index contributed by atoms with van der Waals surface area (Å²) in [5.74, 6) is 5.91. The van der Waals surface area contributed by atoms with E-state index in [-0.39, 0.29) is 5.91 Å². The summed E-state index contributed by atoms with van der Waals surface area (Å²) in [6.07, 6.45) is 0. The first-order chi connectivity index (χ1) is 9.21. The second-order valence-electron chi connectivity index (χ2n) is 6.88. The molecule has 4 N–H and O–H groups in total. The number of carbonyl (C=O) groups excluding carboxylic acids is 1. The minimum absolute atomic E-state index is 0.0184. The first kappa shape index (κ1) is 14.9. The minimum atomic E-state index is -0.0184. The first-order valence-electron chi connectivity index (χ1n) is 7.07. The van der Waals surface area contributed by atoms with Crippen LogP contribution in [0.5, 0.6) is 0 Å². The molecule has 0 aliphatic heterocycles. The summed E-state index contributed by atoms with van der Waals surface area (Å²) in [5, 5.41) is 3.05. The number of rotatable bonds is 4. The van der Waals surface area contributed by atoms with Gasteiger partial charge in [-0.05, 0) is 47.4 Å². The van der Waals surface area contributed by atoms with Gasteiger partial charge in [0.25, 0.3) is 5.91 Å². The number of nitrogens with two attached hydrogens (primary N) is 1. The molecular weight excluding hydrogens is 250 g/mol. The van der Waals surface area contributed by atoms with Crippen LogP contribution >= 0.6 is 0 Å². The van der Waals surface area contributed by atoms with E-state index in [1.54, 1.807) is 6.07 Å². The Labute approximate surface area is 121 Å². The molecule has 2 rings (SSSR count). The maximum absolute atomic E-state index is 12.2. The number of nitrogens with one attached hydrogen (secondary N) is 2. The number of hydrogen-bond donors (Lipinski definition) is 3. The average Bonchev–Trinajstić information content (AvgIpc) is 2.76. The Morgan fingerprint density at radius 3 is 2.30 bits per heavy atom. The standard InChI is InChI=1S/C16H25N3O/c1-10-8-11(6-7-12(10)19-17)14(20)18-9-13-15(2,3)16(13,4)5/h6-8,13,19H,9,17H2,1-5H3,(H,18,20). The van der Waals surface area contributed by atoms with E-state index in [1.807, 2.05) is 19.1 Å². The lowest BCUT2D eigenvalue weighted by Crippen LogP contribution is -2.27. The van der Waals surface area contributed by atoms with Gasteiger partial charge in [-0.3, -0.25) is 10.6 Å². The van der Waals surface area contributed by atoms with Crippen molar-refractivity contribution in [2.45, 2.75) is 34.6 Å². The lowest BCUT2D eigenvalue weighted by molar-refractivity contribution is 0.0950. The molecule has 0 spiro atoms. The van der Waals surface area contributed by atoms with Gasteiger partial charge in [-0.25, -0.2) is 0 Å². The van der Waals surface area contributed by atoms with Crippen LogP contribution in [0, 0.1) is 23.7 Å². The third-order valence-electron chi connectivity index (χ3n) is 5.43. The summed E-state index contributed by atoms with van der Waals surface area (Å²) in [4.78, 5) is 12.2. The number of aryl methyl sites for hydroxylation is 1. The van der Waals surface area contributed by atoms with Gasteiger partial charge in [0.05, 0.1) is 5.69 Å². The van der Waals surface area contributed by atoms with Crippen LogP contribution in [0.4, 0.5) is 5.69 Å². The molecule has 1 aromatic carbocycles. The van der Waals surface area contributed by atoms with Crippen molar-refractivity contribution in [3.63, 3.8) is 0 Å². The van der Waals surface area contributed by atoms with E-state index in [0.29, 0.717) is 22.3 Å². The Bertz CT molecular complexity index is 521. The quantitative estimate of drug-likeness (QED) is 0.584. The molecule has 4 nitrogen and oxygen atoms in total. The highest BCUT2D eigenvalue weighted by Crippen LogP contribution is 2.67. The fourth-order valence-corrected chi connectivity index (χ4v) is 3.11. The van der Waals surface area contributed by atoms with Crippen molar-refractivity contribution in [2.75, 3.05) is 12.0 Å². The van der Waals surface area contributed by atoms with Crippen LogP contribution in [0.2, 0.25) is 0 Å². The highest BCUT2D eigenvalue weighted by Gasteiger charge is 2.64. The van der Waals surface area contributed by atoms with Crippen LogP contribution in [-0.2, 0) is 0 Å². The molecule has 0 radical (unpaired) electrons. The molecule has 110 valence electrons. The summed E-state index contributed by atoms with van der Waals surface area (Å²) in [6, 6.07) is 5.48. The number of nitrogen functional groups attached to an aromatic ring is 1. The van der Waals surface area contributed by atoms with E-state index in [9.17, 15) is 4.79 Å². The average molecular weight is 275 g/mol. The third-order valence-corrected chi connectivity index (χ3v) is 5.43. The van der Waals surface area contributed by atoms with Gasteiger partial charge in [-0.15, -0.1) is 0 Å². The van der Waals surface area contributed by atoms with Gasteiger partial charge in [-0.1, -0.05) is 27.7 Å². The molecule has 1 aliphatic carbocycles. The zero-order valence-corrected chi connectivity index (χ0v) is 13.0. The zero-order chi connectivity index (χ0) is 15.1. The van der Waals surface area contributed by atoms with Gasteiger partial charge < -0.3 is 10.7 Å². The Morgan fingerprint density at radius 1 is 1.25 bits per heavy atom. The maximum atomic E-state index is 12.2. The Morgan fingerprint density at radius 2 is 1.85 bits per heavy atom. The lowest BCUT2D eigenvalue weighted by Gasteiger charge is -2.09. The van der Waals surface area contributed by atoms with E-state index in [1.165, 1.54) is 0 Å². The van der Waals surface area contributed by atoms with Crippen LogP contribution in [0.3, 0.4) is 0 Å². The van der Waals surface area contributed by atoms with Crippen LogP contribution in [0.25, 0.3) is 0 Å². The Kier molecular flexibility index (Phi) is 3.54. The molecule has 1 aliphatic rings. The predicted octanol–water partition coefficient (Wildman–Crippen LogP) is 2.69. The Balaban J connectivity index is 1.98. The molecule has 1 amide bonds. The fraction of sp³-hybridized carbons (Fsp3) is 0.562. The van der Waals surface area contributed by atoms with E-state index in [0.717, 1.165) is 17.8 Å². The highest BCUT2D eigenvalue weighted by molar-refractivity contribution is 5.94. The summed E-state index contributed by atoms with van der Waals surface area (Å²) < 4.78 is 0. The normalized spacial score (nSPS) is 19.5. The SMILES string of the molecule is Cc1cc(C(=O)NCC2C(C)(C)C2(C)C)ccc1NN. The first-order valence-corrected chi connectivity index (χ1v) is 7.07. The predicted molar refractivity (Wildman–Crippen MR) is 82.4 cm³/mol. The van der Waals surface area contributed by atoms with Crippen molar-refractivity contribution in [3.8, 4) is 0 Å². The van der Waals surface area contributed by atoms with Crippen LogP contribution in [-0.4, -0.2) is 12.5 Å². The summed E-state index contributed by atoms with van der Waals surface area (Å²) >= 11 is 0. The van der Waals surface area contributed by atoms with E-state index >= 15 is 0 Å². The van der Waals surface area contributed by atoms with Gasteiger partial charge in [0.15, 0.2) is 0 Å². The minimum Gasteiger partial charge on any atom is -0.352 e. The number of anilines is 1. The van der Waals surface area contributed by atoms with Gasteiger partial charge in [0, 0.05) is 12.1 Å². The van der Waals surface area contributed by atoms with Crippen molar-refractivity contribution < 1.29 is 4.79 Å². The summed E-state index contributed by atoms with van der Waals surface area (Å²) in [5.41, 5.74) is 5.68. The molecule has 0 saturated heterocycles. The second kappa shape index (κ2) is 4.77. The number of carbonyl (C=O) groups is 1. The smallest absolute Gasteiger partial charge is 0.251 e. The van der Waals surface area contributed by atoms with Gasteiger partial charge in [0.2, 0.25) is 0 Å². The van der Waals surface area contributed by atoms with E-state index in [2.05, 4.69) is 38.4 Å². The number of amides is 1. The topological polar surface area (TPSA) is 67.2 Å². The van der Waals surface area contributed by atoms with Gasteiger partial charge in [-0.2, -0.15) is 0 Å². The van der Waals surface area contributed by atoms with Crippen molar-refractivity contribution in [3.05, 3.63) is 29.3 Å². The summed E-state index contributed by atoms with van der Waals surface area (Å²) in [7, 11) is 0. The third kappa shape index (κ3) is 2.29. The number of hydrazine groups is 1. The maximum Gasteiger partial charge on any atom is 0.251 e. The Hall–Kier alpha value is -1.55. The van der Waals surface area contributed by atoms with Crippen molar-refractivity contribution >= 4 is 11.6 Å². The molecule has 0 atom stereocenters. The molecule has 1 fully saturated rings. The number of hydrogen-bond acceptors (Lipinski definition) is 3. The number of benzene rings is 1. The van der Waals surface area contributed by atoms with E-state index in [4.69, 9.17) is 5.84 Å². The van der Waals surface area contributed by atoms with Gasteiger partial charge >= 0.3 is 0 Å². The summed E-state index contributed by atoms with van der Waals surface area (Å²) in [6.45, 7) is 11.7.